The first-order chi connectivity index (χ1) is 13.4. The first kappa shape index (κ1) is 17.9. The molecular formula is C19H13ClN4O4. The predicted octanol–water partition coefficient (Wildman–Crippen LogP) is 4.04. The van der Waals surface area contributed by atoms with Crippen LogP contribution >= 0.6 is 11.6 Å². The standard InChI is InChI=1S/C19H13ClN4O4/c1-11(25)23-19(12-6-8-14(9-7-12)24(26)27)28-18(22-23)15-10-13-4-2-3-5-16(13)21-17(15)20/h2-10,19H,1H3. The van der Waals surface area contributed by atoms with E-state index in [-0.39, 0.29) is 22.6 Å². The summed E-state index contributed by atoms with van der Waals surface area (Å²) in [5.41, 5.74) is 1.67. The van der Waals surface area contributed by atoms with Gasteiger partial charge >= 0.3 is 0 Å². The van der Waals surface area contributed by atoms with Gasteiger partial charge in [0.1, 0.15) is 5.15 Å². The van der Waals surface area contributed by atoms with Crippen LogP contribution in [0.5, 0.6) is 0 Å². The number of carbonyl (C=O) groups is 1. The van der Waals surface area contributed by atoms with Crippen molar-refractivity contribution < 1.29 is 14.5 Å². The van der Waals surface area contributed by atoms with E-state index in [9.17, 15) is 14.9 Å². The lowest BCUT2D eigenvalue weighted by Crippen LogP contribution is -2.25. The monoisotopic (exact) mass is 396 g/mol. The highest BCUT2D eigenvalue weighted by molar-refractivity contribution is 6.33. The molecule has 0 spiro atoms. The van der Waals surface area contributed by atoms with Crippen molar-refractivity contribution in [3.63, 3.8) is 0 Å². The minimum absolute atomic E-state index is 0.0564. The fraction of sp³-hybridized carbons (Fsp3) is 0.105. The van der Waals surface area contributed by atoms with Crippen molar-refractivity contribution in [1.82, 2.24) is 9.99 Å². The first-order valence-corrected chi connectivity index (χ1v) is 8.67. The van der Waals surface area contributed by atoms with Gasteiger partial charge in [-0.1, -0.05) is 29.8 Å². The number of nitrogens with zero attached hydrogens (tertiary/aromatic N) is 4. The summed E-state index contributed by atoms with van der Waals surface area (Å²) in [4.78, 5) is 26.8. The second kappa shape index (κ2) is 6.90. The van der Waals surface area contributed by atoms with E-state index in [1.807, 2.05) is 24.3 Å². The van der Waals surface area contributed by atoms with E-state index in [4.69, 9.17) is 16.3 Å². The molecule has 1 aliphatic heterocycles. The van der Waals surface area contributed by atoms with Gasteiger partial charge in [-0.05, 0) is 24.3 Å². The van der Waals surface area contributed by atoms with Gasteiger partial charge in [0, 0.05) is 30.0 Å². The number of amides is 1. The molecular weight excluding hydrogens is 384 g/mol. The molecule has 0 fully saturated rings. The molecule has 1 atom stereocenters. The van der Waals surface area contributed by atoms with Crippen LogP contribution in [0.1, 0.15) is 24.3 Å². The van der Waals surface area contributed by atoms with Gasteiger partial charge in [-0.15, -0.1) is 5.10 Å². The molecule has 8 nitrogen and oxygen atoms in total. The number of para-hydroxylation sites is 1. The number of rotatable bonds is 3. The van der Waals surface area contributed by atoms with Crippen LogP contribution in [-0.4, -0.2) is 26.7 Å². The second-order valence-electron chi connectivity index (χ2n) is 6.11. The van der Waals surface area contributed by atoms with Crippen molar-refractivity contribution in [2.24, 2.45) is 5.10 Å². The summed E-state index contributed by atoms with van der Waals surface area (Å²) in [5.74, 6) is -0.190. The summed E-state index contributed by atoms with van der Waals surface area (Å²) < 4.78 is 5.90. The van der Waals surface area contributed by atoms with Crippen LogP contribution in [-0.2, 0) is 9.53 Å². The number of pyridine rings is 1. The van der Waals surface area contributed by atoms with Gasteiger partial charge in [0.25, 0.3) is 5.69 Å². The maximum absolute atomic E-state index is 12.1. The largest absolute Gasteiger partial charge is 0.446 e. The number of nitro benzene ring substituents is 1. The lowest BCUT2D eigenvalue weighted by Gasteiger charge is -2.19. The van der Waals surface area contributed by atoms with Crippen LogP contribution in [0.25, 0.3) is 10.9 Å². The smallest absolute Gasteiger partial charge is 0.269 e. The van der Waals surface area contributed by atoms with E-state index in [0.717, 1.165) is 10.9 Å². The van der Waals surface area contributed by atoms with Crippen molar-refractivity contribution in [2.45, 2.75) is 13.2 Å². The predicted molar refractivity (Wildman–Crippen MR) is 103 cm³/mol. The Morgan fingerprint density at radius 2 is 1.93 bits per heavy atom. The number of hydrogen-bond acceptors (Lipinski definition) is 6. The molecule has 0 bridgehead atoms. The fourth-order valence-electron chi connectivity index (χ4n) is 2.89. The number of benzene rings is 2. The zero-order valence-corrected chi connectivity index (χ0v) is 15.3. The number of aromatic nitrogens is 1. The Hall–Kier alpha value is -3.52. The zero-order chi connectivity index (χ0) is 19.8. The molecule has 2 heterocycles. The molecule has 2 aromatic carbocycles. The third kappa shape index (κ3) is 3.14. The van der Waals surface area contributed by atoms with Crippen LogP contribution in [0, 0.1) is 10.1 Å². The van der Waals surface area contributed by atoms with E-state index < -0.39 is 11.2 Å². The summed E-state index contributed by atoms with van der Waals surface area (Å²) in [5, 5.41) is 17.3. The average Bonchev–Trinajstić information content (AvgIpc) is 3.13. The zero-order valence-electron chi connectivity index (χ0n) is 14.6. The van der Waals surface area contributed by atoms with Gasteiger partial charge in [-0.3, -0.25) is 14.9 Å². The number of hydrazone groups is 1. The molecule has 140 valence electrons. The fourth-order valence-corrected chi connectivity index (χ4v) is 3.12. The number of non-ortho nitro benzene ring substituents is 1. The van der Waals surface area contributed by atoms with E-state index in [1.165, 1.54) is 36.2 Å². The van der Waals surface area contributed by atoms with Crippen LogP contribution in [0.2, 0.25) is 5.15 Å². The van der Waals surface area contributed by atoms with E-state index in [0.29, 0.717) is 11.1 Å². The Balaban J connectivity index is 1.72. The molecule has 0 radical (unpaired) electrons. The molecule has 0 N–H and O–H groups in total. The maximum atomic E-state index is 12.1. The van der Waals surface area contributed by atoms with Crippen molar-refractivity contribution in [1.29, 1.82) is 0 Å². The number of ether oxygens (including phenoxy) is 1. The lowest BCUT2D eigenvalue weighted by molar-refractivity contribution is -0.384. The molecule has 0 saturated carbocycles. The molecule has 1 aliphatic rings. The highest BCUT2D eigenvalue weighted by Crippen LogP contribution is 2.33. The van der Waals surface area contributed by atoms with Gasteiger partial charge in [0.05, 0.1) is 16.0 Å². The summed E-state index contributed by atoms with van der Waals surface area (Å²) in [6.07, 6.45) is -0.851. The van der Waals surface area contributed by atoms with Crippen LogP contribution in [0.4, 0.5) is 5.69 Å². The minimum atomic E-state index is -0.851. The lowest BCUT2D eigenvalue weighted by atomic mass is 10.1. The van der Waals surface area contributed by atoms with Crippen LogP contribution in [0.3, 0.4) is 0 Å². The Labute approximate surface area is 164 Å². The van der Waals surface area contributed by atoms with Crippen LogP contribution in [0.15, 0.2) is 59.7 Å². The second-order valence-corrected chi connectivity index (χ2v) is 6.47. The van der Waals surface area contributed by atoms with Gasteiger partial charge in [-0.2, -0.15) is 5.01 Å². The third-order valence-corrected chi connectivity index (χ3v) is 4.55. The molecule has 3 aromatic rings. The van der Waals surface area contributed by atoms with Gasteiger partial charge in [0.2, 0.25) is 18.0 Å². The van der Waals surface area contributed by atoms with E-state index in [1.54, 1.807) is 6.07 Å². The van der Waals surface area contributed by atoms with Crippen molar-refractivity contribution >= 4 is 40.0 Å². The van der Waals surface area contributed by atoms with Crippen molar-refractivity contribution in [3.05, 3.63) is 81.0 Å². The molecule has 0 saturated heterocycles. The topological polar surface area (TPSA) is 97.9 Å². The van der Waals surface area contributed by atoms with Gasteiger partial charge < -0.3 is 4.74 Å². The van der Waals surface area contributed by atoms with Gasteiger partial charge in [-0.25, -0.2) is 4.98 Å². The van der Waals surface area contributed by atoms with Crippen LogP contribution < -0.4 is 0 Å². The molecule has 1 aromatic heterocycles. The molecule has 0 aliphatic carbocycles. The summed E-state index contributed by atoms with van der Waals surface area (Å²) in [6.45, 7) is 1.36. The first-order valence-electron chi connectivity index (χ1n) is 8.29. The van der Waals surface area contributed by atoms with Gasteiger partial charge in [0.15, 0.2) is 0 Å². The number of halogens is 1. The Morgan fingerprint density at radius 3 is 2.61 bits per heavy atom. The molecule has 1 unspecified atom stereocenters. The normalized spacial score (nSPS) is 16.0. The quantitative estimate of drug-likeness (QED) is 0.378. The molecule has 1 amide bonds. The molecule has 28 heavy (non-hydrogen) atoms. The number of carbonyl (C=O) groups excluding carboxylic acids is 1. The molecule has 9 heteroatoms. The average molecular weight is 397 g/mol. The van der Waals surface area contributed by atoms with E-state index in [2.05, 4.69) is 10.1 Å². The highest BCUT2D eigenvalue weighted by Gasteiger charge is 2.34. The highest BCUT2D eigenvalue weighted by atomic mass is 35.5. The Bertz CT molecular complexity index is 1130. The minimum Gasteiger partial charge on any atom is -0.446 e. The maximum Gasteiger partial charge on any atom is 0.269 e. The Kier molecular flexibility index (Phi) is 4.40. The number of fused-ring (bicyclic) bond motifs is 1. The third-order valence-electron chi connectivity index (χ3n) is 4.26. The molecule has 4 rings (SSSR count). The SMILES string of the molecule is CC(=O)N1N=C(c2cc3ccccc3nc2Cl)OC1c1ccc([N+](=O)[O-])cc1. The van der Waals surface area contributed by atoms with Crippen molar-refractivity contribution in [2.75, 3.05) is 0 Å². The number of hydrogen-bond donors (Lipinski definition) is 0. The summed E-state index contributed by atoms with van der Waals surface area (Å²) in [7, 11) is 0. The van der Waals surface area contributed by atoms with E-state index >= 15 is 0 Å². The summed E-state index contributed by atoms with van der Waals surface area (Å²) >= 11 is 6.31. The number of nitro groups is 1. The Morgan fingerprint density at radius 1 is 1.21 bits per heavy atom. The van der Waals surface area contributed by atoms with Crippen molar-refractivity contribution in [3.8, 4) is 0 Å². The summed E-state index contributed by atoms with van der Waals surface area (Å²) in [6, 6.07) is 15.0.